The molecule has 0 saturated heterocycles. The fourth-order valence-corrected chi connectivity index (χ4v) is 6.39. The van der Waals surface area contributed by atoms with Crippen molar-refractivity contribution in [3.8, 4) is 0 Å². The molecule has 1 aromatic heterocycles. The first-order valence-electron chi connectivity index (χ1n) is 14.2. The van der Waals surface area contributed by atoms with Crippen molar-refractivity contribution in [1.29, 1.82) is 0 Å². The number of rotatable bonds is 6. The summed E-state index contributed by atoms with van der Waals surface area (Å²) in [5.74, 6) is -0.113. The van der Waals surface area contributed by atoms with E-state index in [-0.39, 0.29) is 18.0 Å². The number of aromatic nitrogens is 1. The average Bonchev–Trinajstić information content (AvgIpc) is 2.89. The molecule has 1 aliphatic heterocycles. The van der Waals surface area contributed by atoms with Crippen LogP contribution in [0.4, 0.5) is 5.69 Å². The maximum atomic E-state index is 13.5. The van der Waals surface area contributed by atoms with Gasteiger partial charge in [-0.2, -0.15) is 0 Å². The molecule has 1 fully saturated rings. The van der Waals surface area contributed by atoms with E-state index >= 15 is 0 Å². The van der Waals surface area contributed by atoms with Crippen LogP contribution in [0.15, 0.2) is 41.2 Å². The second-order valence-corrected chi connectivity index (χ2v) is 10.5. The number of hydrogen-bond donors (Lipinski definition) is 2. The van der Waals surface area contributed by atoms with E-state index in [9.17, 15) is 9.59 Å². The number of H-pyrrole nitrogens is 1. The summed E-state index contributed by atoms with van der Waals surface area (Å²) >= 11 is 0. The second kappa shape index (κ2) is 12.6. The Kier molecular flexibility index (Phi) is 9.25. The molecular weight excluding hydrogens is 460 g/mol. The topological polar surface area (TPSA) is 68.4 Å². The summed E-state index contributed by atoms with van der Waals surface area (Å²) in [5.41, 5.74) is 5.39. The molecule has 2 N–H and O–H groups in total. The molecule has 6 heteroatoms. The van der Waals surface area contributed by atoms with Crippen LogP contribution in [0.1, 0.15) is 85.6 Å². The Bertz CT molecular complexity index is 1160. The molecule has 200 valence electrons. The van der Waals surface area contributed by atoms with Crippen molar-refractivity contribution >= 4 is 11.6 Å². The van der Waals surface area contributed by atoms with Crippen LogP contribution in [0.5, 0.6) is 0 Å². The highest BCUT2D eigenvalue weighted by Gasteiger charge is 2.29. The van der Waals surface area contributed by atoms with Crippen LogP contribution in [0.2, 0.25) is 0 Å². The number of benzene rings is 1. The molecule has 2 aliphatic rings. The molecule has 1 aliphatic carbocycles. The Morgan fingerprint density at radius 1 is 0.919 bits per heavy atom. The van der Waals surface area contributed by atoms with E-state index in [1.165, 1.54) is 31.4 Å². The predicted octanol–water partition coefficient (Wildman–Crippen LogP) is 5.14. The Balaban J connectivity index is 1.61. The lowest BCUT2D eigenvalue weighted by atomic mass is 9.88. The van der Waals surface area contributed by atoms with Crippen molar-refractivity contribution in [2.45, 2.75) is 91.3 Å². The van der Waals surface area contributed by atoms with Gasteiger partial charge in [0, 0.05) is 47.7 Å². The molecule has 37 heavy (non-hydrogen) atoms. The Hall–Kier alpha value is -2.86. The number of aryl methyl sites for hydroxylation is 2. The minimum absolute atomic E-state index is 0.109. The zero-order valence-corrected chi connectivity index (χ0v) is 23.1. The van der Waals surface area contributed by atoms with Crippen LogP contribution in [0.25, 0.3) is 0 Å². The number of anilines is 1. The van der Waals surface area contributed by atoms with Crippen LogP contribution in [0.3, 0.4) is 0 Å². The van der Waals surface area contributed by atoms with E-state index in [2.05, 4.69) is 59.1 Å². The molecule has 0 spiro atoms. The van der Waals surface area contributed by atoms with Gasteiger partial charge >= 0.3 is 0 Å². The van der Waals surface area contributed by atoms with Crippen LogP contribution in [-0.4, -0.2) is 47.5 Å². The Morgan fingerprint density at radius 2 is 1.65 bits per heavy atom. The van der Waals surface area contributed by atoms with E-state index < -0.39 is 0 Å². The lowest BCUT2D eigenvalue weighted by Gasteiger charge is -2.41. The first-order valence-corrected chi connectivity index (χ1v) is 14.2. The van der Waals surface area contributed by atoms with Gasteiger partial charge in [0.25, 0.3) is 11.5 Å². The Morgan fingerprint density at radius 3 is 2.35 bits per heavy atom. The number of allylic oxidation sites excluding steroid dienone is 2. The number of pyridine rings is 1. The molecule has 1 amide bonds. The normalized spacial score (nSPS) is 20.4. The van der Waals surface area contributed by atoms with Gasteiger partial charge in [0.1, 0.15) is 0 Å². The van der Waals surface area contributed by atoms with Gasteiger partial charge in [0.2, 0.25) is 0 Å². The third-order valence-electron chi connectivity index (χ3n) is 8.34. The van der Waals surface area contributed by atoms with Gasteiger partial charge < -0.3 is 20.1 Å². The molecule has 1 saturated carbocycles. The summed E-state index contributed by atoms with van der Waals surface area (Å²) in [6.07, 6.45) is 11.6. The molecule has 1 aromatic carbocycles. The fourth-order valence-electron chi connectivity index (χ4n) is 6.39. The zero-order valence-electron chi connectivity index (χ0n) is 23.1. The number of carbonyl (C=O) groups is 1. The third kappa shape index (κ3) is 6.18. The van der Waals surface area contributed by atoms with Crippen molar-refractivity contribution < 1.29 is 4.79 Å². The molecule has 0 bridgehead atoms. The highest BCUT2D eigenvalue weighted by molar-refractivity contribution is 5.97. The number of nitrogens with one attached hydrogen (secondary N) is 2. The molecule has 0 radical (unpaired) electrons. The van der Waals surface area contributed by atoms with E-state index in [1.807, 2.05) is 25.1 Å². The highest BCUT2D eigenvalue weighted by Crippen LogP contribution is 2.33. The summed E-state index contributed by atoms with van der Waals surface area (Å²) in [6.45, 7) is 12.1. The first-order chi connectivity index (χ1) is 18.0. The summed E-state index contributed by atoms with van der Waals surface area (Å²) in [7, 11) is 0. The summed E-state index contributed by atoms with van der Waals surface area (Å²) < 4.78 is 0. The van der Waals surface area contributed by atoms with Gasteiger partial charge in [-0.05, 0) is 101 Å². The van der Waals surface area contributed by atoms with Crippen molar-refractivity contribution in [3.63, 3.8) is 0 Å². The molecule has 2 aromatic rings. The molecule has 0 unspecified atom stereocenters. The zero-order chi connectivity index (χ0) is 26.4. The van der Waals surface area contributed by atoms with E-state index in [0.717, 1.165) is 55.7 Å². The van der Waals surface area contributed by atoms with E-state index in [0.29, 0.717) is 23.2 Å². The van der Waals surface area contributed by atoms with Gasteiger partial charge in [0.15, 0.2) is 0 Å². The number of carbonyl (C=O) groups excluding carboxylic acids is 1. The summed E-state index contributed by atoms with van der Waals surface area (Å²) in [4.78, 5) is 34.2. The number of hydrogen-bond acceptors (Lipinski definition) is 4. The van der Waals surface area contributed by atoms with Gasteiger partial charge in [-0.15, -0.1) is 0 Å². The standard InChI is InChI=1S/C31H44N4O2/c1-5-34(6-2)24-16-18-25(19-17-24)35(7-3)29-15-11-14-27-26(29)13-10-8-9-12-23-20-22(4)33-31(37)28(23)21-32-30(27)36/h8,10-11,14-15,20,24-25H,5-7,9,12-13,16-19,21H2,1-4H3,(H,32,36)(H,33,37). The molecule has 2 heterocycles. The van der Waals surface area contributed by atoms with Gasteiger partial charge in [-0.25, -0.2) is 0 Å². The van der Waals surface area contributed by atoms with Crippen molar-refractivity contribution in [3.05, 3.63) is 74.7 Å². The second-order valence-electron chi connectivity index (χ2n) is 10.5. The highest BCUT2D eigenvalue weighted by atomic mass is 16.1. The van der Waals surface area contributed by atoms with Gasteiger partial charge in [-0.3, -0.25) is 9.59 Å². The predicted molar refractivity (Wildman–Crippen MR) is 153 cm³/mol. The third-order valence-corrected chi connectivity index (χ3v) is 8.34. The number of aromatic amines is 1. The molecule has 6 nitrogen and oxygen atoms in total. The van der Waals surface area contributed by atoms with Crippen LogP contribution in [0, 0.1) is 6.92 Å². The summed E-state index contributed by atoms with van der Waals surface area (Å²) in [6, 6.07) is 9.34. The van der Waals surface area contributed by atoms with Crippen molar-refractivity contribution in [2.75, 3.05) is 24.5 Å². The van der Waals surface area contributed by atoms with Crippen molar-refractivity contribution in [1.82, 2.24) is 15.2 Å². The quantitative estimate of drug-likeness (QED) is 0.535. The molecule has 0 atom stereocenters. The Labute approximate surface area is 222 Å². The molecule has 4 rings (SSSR count). The first kappa shape index (κ1) is 27.2. The average molecular weight is 505 g/mol. The van der Waals surface area contributed by atoms with Crippen LogP contribution in [-0.2, 0) is 19.4 Å². The lowest BCUT2D eigenvalue weighted by molar-refractivity contribution is 0.0950. The monoisotopic (exact) mass is 504 g/mol. The molecular formula is C31H44N4O2. The van der Waals surface area contributed by atoms with Gasteiger partial charge in [-0.1, -0.05) is 32.1 Å². The largest absolute Gasteiger partial charge is 0.369 e. The van der Waals surface area contributed by atoms with E-state index in [1.54, 1.807) is 0 Å². The maximum Gasteiger partial charge on any atom is 0.253 e. The SMILES string of the molecule is CCN(CC)C1CCC(N(CC)c2cccc3c2CC=CCCc2cc(C)[nH]c(=O)c2CNC3=O)CC1. The van der Waals surface area contributed by atoms with Crippen LogP contribution >= 0.6 is 0 Å². The maximum absolute atomic E-state index is 13.5. The fraction of sp³-hybridized carbons (Fsp3) is 0.548. The smallest absolute Gasteiger partial charge is 0.253 e. The summed E-state index contributed by atoms with van der Waals surface area (Å²) in [5, 5.41) is 3.06. The van der Waals surface area contributed by atoms with Crippen molar-refractivity contribution in [2.24, 2.45) is 0 Å². The minimum Gasteiger partial charge on any atom is -0.369 e. The van der Waals surface area contributed by atoms with Crippen LogP contribution < -0.4 is 15.8 Å². The number of amides is 1. The van der Waals surface area contributed by atoms with E-state index in [4.69, 9.17) is 0 Å². The van der Waals surface area contributed by atoms with Gasteiger partial charge in [0.05, 0.1) is 0 Å². The minimum atomic E-state index is -0.113. The number of fused-ring (bicyclic) bond motifs is 2. The number of nitrogens with zero attached hydrogens (tertiary/aromatic N) is 2. The lowest BCUT2D eigenvalue weighted by Crippen LogP contribution is -2.44.